The monoisotopic (exact) mass is 330 g/mol. The highest BCUT2D eigenvalue weighted by Crippen LogP contribution is 2.22. The van der Waals surface area contributed by atoms with E-state index >= 15 is 0 Å². The Labute approximate surface area is 139 Å². The Balaban J connectivity index is 1.79. The first kappa shape index (κ1) is 16.4. The maximum Gasteiger partial charge on any atom is 0.209 e. The van der Waals surface area contributed by atoms with Crippen molar-refractivity contribution >= 4 is 11.1 Å². The standard InChI is InChI=1S/C18H19FN2O3/c1-23-16-5-3-2-4-13(16)11-21(8-9-22)12-18-20-15-10-14(19)6-7-17(15)24-18/h2-7,10,22H,8-9,11-12H2,1H3. The Hall–Kier alpha value is -2.44. The number of aliphatic hydroxyl groups excluding tert-OH is 1. The lowest BCUT2D eigenvalue weighted by molar-refractivity contribution is 0.172. The third-order valence-corrected chi connectivity index (χ3v) is 3.76. The number of methoxy groups -OCH3 is 1. The molecule has 0 aliphatic rings. The molecular formula is C18H19FN2O3. The summed E-state index contributed by atoms with van der Waals surface area (Å²) >= 11 is 0. The molecule has 126 valence electrons. The predicted octanol–water partition coefficient (Wildman–Crippen LogP) is 2.97. The van der Waals surface area contributed by atoms with Gasteiger partial charge in [-0.1, -0.05) is 18.2 Å². The van der Waals surface area contributed by atoms with E-state index in [2.05, 4.69) is 4.98 Å². The molecule has 3 aromatic rings. The van der Waals surface area contributed by atoms with Crippen LogP contribution in [0.5, 0.6) is 5.75 Å². The molecule has 0 fully saturated rings. The highest BCUT2D eigenvalue weighted by Gasteiger charge is 2.14. The van der Waals surface area contributed by atoms with Gasteiger partial charge < -0.3 is 14.3 Å². The molecule has 0 aliphatic carbocycles. The third-order valence-electron chi connectivity index (χ3n) is 3.76. The van der Waals surface area contributed by atoms with Gasteiger partial charge in [0, 0.05) is 24.7 Å². The quantitative estimate of drug-likeness (QED) is 0.722. The number of aliphatic hydroxyl groups is 1. The number of nitrogens with zero attached hydrogens (tertiary/aromatic N) is 2. The Morgan fingerprint density at radius 3 is 2.83 bits per heavy atom. The van der Waals surface area contributed by atoms with E-state index < -0.39 is 0 Å². The molecule has 0 spiro atoms. The first-order valence-corrected chi connectivity index (χ1v) is 7.69. The van der Waals surface area contributed by atoms with Crippen molar-refractivity contribution in [1.82, 2.24) is 9.88 Å². The number of hydrogen-bond donors (Lipinski definition) is 1. The zero-order valence-corrected chi connectivity index (χ0v) is 13.4. The van der Waals surface area contributed by atoms with E-state index in [0.717, 1.165) is 11.3 Å². The fourth-order valence-corrected chi connectivity index (χ4v) is 2.64. The van der Waals surface area contributed by atoms with Crippen LogP contribution >= 0.6 is 0 Å². The van der Waals surface area contributed by atoms with Gasteiger partial charge in [-0.15, -0.1) is 0 Å². The summed E-state index contributed by atoms with van der Waals surface area (Å²) in [7, 11) is 1.63. The predicted molar refractivity (Wildman–Crippen MR) is 88.2 cm³/mol. The van der Waals surface area contributed by atoms with Crippen molar-refractivity contribution in [3.8, 4) is 5.75 Å². The maximum atomic E-state index is 13.3. The van der Waals surface area contributed by atoms with Crippen LogP contribution in [0.25, 0.3) is 11.1 Å². The van der Waals surface area contributed by atoms with E-state index in [4.69, 9.17) is 9.15 Å². The molecule has 1 heterocycles. The topological polar surface area (TPSA) is 58.7 Å². The molecule has 0 amide bonds. The molecule has 0 radical (unpaired) electrons. The Kier molecular flexibility index (Phi) is 5.08. The number of oxazole rings is 1. The van der Waals surface area contributed by atoms with Gasteiger partial charge >= 0.3 is 0 Å². The molecule has 1 aromatic heterocycles. The summed E-state index contributed by atoms with van der Waals surface area (Å²) < 4.78 is 24.3. The van der Waals surface area contributed by atoms with Crippen LogP contribution < -0.4 is 4.74 Å². The molecule has 0 atom stereocenters. The average Bonchev–Trinajstić information content (AvgIpc) is 2.97. The van der Waals surface area contributed by atoms with Crippen molar-refractivity contribution in [2.45, 2.75) is 13.1 Å². The molecular weight excluding hydrogens is 311 g/mol. The summed E-state index contributed by atoms with van der Waals surface area (Å²) in [4.78, 5) is 6.32. The van der Waals surface area contributed by atoms with Crippen molar-refractivity contribution < 1.29 is 18.7 Å². The molecule has 6 heteroatoms. The van der Waals surface area contributed by atoms with E-state index in [1.807, 2.05) is 29.2 Å². The van der Waals surface area contributed by atoms with Gasteiger partial charge in [0.25, 0.3) is 0 Å². The first-order chi connectivity index (χ1) is 11.7. The van der Waals surface area contributed by atoms with Gasteiger partial charge in [-0.05, 0) is 18.2 Å². The van der Waals surface area contributed by atoms with Gasteiger partial charge in [0.1, 0.15) is 17.1 Å². The van der Waals surface area contributed by atoms with E-state index in [-0.39, 0.29) is 12.4 Å². The maximum absolute atomic E-state index is 13.3. The van der Waals surface area contributed by atoms with Crippen LogP contribution in [0.3, 0.4) is 0 Å². The smallest absolute Gasteiger partial charge is 0.209 e. The van der Waals surface area contributed by atoms with E-state index in [0.29, 0.717) is 36.6 Å². The molecule has 0 aliphatic heterocycles. The van der Waals surface area contributed by atoms with Crippen molar-refractivity contribution in [2.24, 2.45) is 0 Å². The van der Waals surface area contributed by atoms with Crippen LogP contribution in [0.1, 0.15) is 11.5 Å². The van der Waals surface area contributed by atoms with Gasteiger partial charge in [-0.2, -0.15) is 0 Å². The molecule has 0 saturated heterocycles. The summed E-state index contributed by atoms with van der Waals surface area (Å²) in [5.74, 6) is 0.933. The minimum absolute atomic E-state index is 0.0179. The fraction of sp³-hybridized carbons (Fsp3) is 0.278. The second-order valence-electron chi connectivity index (χ2n) is 5.47. The van der Waals surface area contributed by atoms with Crippen LogP contribution in [0, 0.1) is 5.82 Å². The lowest BCUT2D eigenvalue weighted by Crippen LogP contribution is -2.26. The lowest BCUT2D eigenvalue weighted by Gasteiger charge is -2.20. The highest BCUT2D eigenvalue weighted by molar-refractivity contribution is 5.72. The minimum Gasteiger partial charge on any atom is -0.496 e. The molecule has 24 heavy (non-hydrogen) atoms. The highest BCUT2D eigenvalue weighted by atomic mass is 19.1. The number of fused-ring (bicyclic) bond motifs is 1. The largest absolute Gasteiger partial charge is 0.496 e. The Morgan fingerprint density at radius 1 is 1.21 bits per heavy atom. The van der Waals surface area contributed by atoms with Crippen LogP contribution in [-0.4, -0.2) is 35.3 Å². The summed E-state index contributed by atoms with van der Waals surface area (Å²) in [5, 5.41) is 9.32. The number of hydrogen-bond acceptors (Lipinski definition) is 5. The molecule has 2 aromatic carbocycles. The van der Waals surface area contributed by atoms with Crippen molar-refractivity contribution in [1.29, 1.82) is 0 Å². The number of para-hydroxylation sites is 1. The third kappa shape index (κ3) is 3.72. The average molecular weight is 330 g/mol. The summed E-state index contributed by atoms with van der Waals surface area (Å²) in [6, 6.07) is 12.0. The van der Waals surface area contributed by atoms with Gasteiger partial charge in [0.2, 0.25) is 5.89 Å². The van der Waals surface area contributed by atoms with Crippen LogP contribution in [0.15, 0.2) is 46.9 Å². The number of benzene rings is 2. The Morgan fingerprint density at radius 2 is 2.04 bits per heavy atom. The second-order valence-corrected chi connectivity index (χ2v) is 5.47. The van der Waals surface area contributed by atoms with Crippen LogP contribution in [0.4, 0.5) is 4.39 Å². The molecule has 5 nitrogen and oxygen atoms in total. The van der Waals surface area contributed by atoms with Gasteiger partial charge in [0.05, 0.1) is 20.3 Å². The lowest BCUT2D eigenvalue weighted by atomic mass is 10.2. The van der Waals surface area contributed by atoms with Crippen molar-refractivity contribution in [3.05, 3.63) is 59.7 Å². The fourth-order valence-electron chi connectivity index (χ4n) is 2.64. The number of rotatable bonds is 7. The molecule has 1 N–H and O–H groups in total. The van der Waals surface area contributed by atoms with Crippen LogP contribution in [0.2, 0.25) is 0 Å². The summed E-state index contributed by atoms with van der Waals surface area (Å²) in [6.07, 6.45) is 0. The van der Waals surface area contributed by atoms with E-state index in [1.165, 1.54) is 12.1 Å². The Bertz CT molecular complexity index is 819. The summed E-state index contributed by atoms with van der Waals surface area (Å²) in [5.41, 5.74) is 2.05. The van der Waals surface area contributed by atoms with Crippen molar-refractivity contribution in [2.75, 3.05) is 20.3 Å². The molecule has 0 bridgehead atoms. The van der Waals surface area contributed by atoms with E-state index in [1.54, 1.807) is 13.2 Å². The molecule has 0 saturated carbocycles. The number of aromatic nitrogens is 1. The van der Waals surface area contributed by atoms with E-state index in [9.17, 15) is 9.50 Å². The first-order valence-electron chi connectivity index (χ1n) is 7.69. The normalized spacial score (nSPS) is 11.3. The molecule has 3 rings (SSSR count). The van der Waals surface area contributed by atoms with Crippen LogP contribution in [-0.2, 0) is 13.1 Å². The van der Waals surface area contributed by atoms with Gasteiger partial charge in [-0.3, -0.25) is 4.90 Å². The minimum atomic E-state index is -0.344. The number of halogens is 1. The number of ether oxygens (including phenoxy) is 1. The second kappa shape index (κ2) is 7.42. The zero-order valence-electron chi connectivity index (χ0n) is 13.4. The molecule has 0 unspecified atom stereocenters. The van der Waals surface area contributed by atoms with Gasteiger partial charge in [0.15, 0.2) is 5.58 Å². The SMILES string of the molecule is COc1ccccc1CN(CCO)Cc1nc2cc(F)ccc2o1. The zero-order chi connectivity index (χ0) is 16.9. The van der Waals surface area contributed by atoms with Crippen molar-refractivity contribution in [3.63, 3.8) is 0 Å². The van der Waals surface area contributed by atoms with Gasteiger partial charge in [-0.25, -0.2) is 9.37 Å². The summed E-state index contributed by atoms with van der Waals surface area (Å²) in [6.45, 7) is 1.47.